The van der Waals surface area contributed by atoms with Gasteiger partial charge in [-0.25, -0.2) is 14.4 Å². The number of esters is 1. The molecular formula is C69H83N13O13. The van der Waals surface area contributed by atoms with Gasteiger partial charge in [0.15, 0.2) is 23.3 Å². The highest BCUT2D eigenvalue weighted by molar-refractivity contribution is 6.01. The third-order valence-electron chi connectivity index (χ3n) is 17.2. The fourth-order valence-electron chi connectivity index (χ4n) is 12.4. The lowest BCUT2D eigenvalue weighted by Gasteiger charge is -2.37. The zero-order chi connectivity index (χ0) is 67.9. The molecule has 0 radical (unpaired) electrons. The average molecular weight is 1300 g/mol. The largest absolute Gasteiger partial charge is 0.456 e. The van der Waals surface area contributed by atoms with Crippen molar-refractivity contribution in [1.29, 1.82) is 0 Å². The highest BCUT2D eigenvalue weighted by Gasteiger charge is 2.54. The Balaban J connectivity index is 0.928. The second kappa shape index (κ2) is 31.4. The van der Waals surface area contributed by atoms with E-state index in [0.717, 1.165) is 11.1 Å². The molecule has 1 spiro atoms. The first kappa shape index (κ1) is 68.8. The number of nitrogens with zero attached hydrogens (tertiary/aromatic N) is 4. The van der Waals surface area contributed by atoms with E-state index in [-0.39, 0.29) is 124 Å². The van der Waals surface area contributed by atoms with Crippen LogP contribution >= 0.6 is 0 Å². The number of anilines is 2. The molecule has 5 aromatic carbocycles. The number of ether oxygens (including phenoxy) is 4. The second-order valence-electron chi connectivity index (χ2n) is 24.7. The molecule has 7 amide bonds. The number of nitrogens with two attached hydrogens (primary N) is 4. The average Bonchev–Trinajstić information content (AvgIpc) is 1.62. The molecule has 4 heterocycles. The minimum Gasteiger partial charge on any atom is -0.456 e. The first-order chi connectivity index (χ1) is 45.6. The number of carbonyl (C=O) groups excluding carboxylic acids is 9. The molecule has 2 saturated heterocycles. The Hall–Kier alpha value is -10.5. The number of likely N-dealkylation sites (tertiary alicyclic amines) is 2. The number of carbonyl (C=O) groups is 9. The summed E-state index contributed by atoms with van der Waals surface area (Å²) in [5.41, 5.74) is 24.5. The van der Waals surface area contributed by atoms with Crippen molar-refractivity contribution in [3.63, 3.8) is 0 Å². The van der Waals surface area contributed by atoms with E-state index in [1.54, 1.807) is 100 Å². The van der Waals surface area contributed by atoms with E-state index in [9.17, 15) is 43.2 Å². The molecule has 26 heteroatoms. The van der Waals surface area contributed by atoms with Gasteiger partial charge in [-0.15, -0.1) is 0 Å². The molecule has 13 N–H and O–H groups in total. The lowest BCUT2D eigenvalue weighted by atomic mass is 9.77. The zero-order valence-electron chi connectivity index (χ0n) is 53.7. The fraction of sp³-hybridized carbons (Fsp3) is 0.406. The van der Waals surface area contributed by atoms with Crippen LogP contribution in [0.2, 0.25) is 0 Å². The van der Waals surface area contributed by atoms with Gasteiger partial charge >= 0.3 is 18.2 Å². The van der Waals surface area contributed by atoms with E-state index >= 15 is 0 Å². The van der Waals surface area contributed by atoms with E-state index < -0.39 is 89.4 Å². The van der Waals surface area contributed by atoms with Gasteiger partial charge in [0.1, 0.15) is 48.9 Å². The minimum atomic E-state index is -1.59. The van der Waals surface area contributed by atoms with Gasteiger partial charge in [0.05, 0.1) is 11.6 Å². The van der Waals surface area contributed by atoms with Gasteiger partial charge in [0, 0.05) is 78.7 Å². The van der Waals surface area contributed by atoms with Crippen LogP contribution in [-0.2, 0) is 61.8 Å². The van der Waals surface area contributed by atoms with Crippen molar-refractivity contribution < 1.29 is 62.1 Å². The molecule has 2 fully saturated rings. The molecule has 4 aliphatic rings. The molecule has 0 bridgehead atoms. The third kappa shape index (κ3) is 16.8. The number of amides is 7. The van der Waals surface area contributed by atoms with Crippen molar-refractivity contribution in [3.05, 3.63) is 155 Å². The number of alkyl carbamates (subject to hydrolysis) is 2. The van der Waals surface area contributed by atoms with Crippen molar-refractivity contribution in [3.8, 4) is 11.5 Å². The van der Waals surface area contributed by atoms with E-state index in [1.165, 1.54) is 9.80 Å². The standard InChI is InChI=1S/C69H83N13O13/c1-40(2)57(79-67(90)92-38-42-17-7-5-8-18-42)62(87)81-33-15-25-52(81)54(83)35-44(21-13-31-74-65(70)71)59(84)76-45-27-29-49-55(36-45)94-56-37-46(28-30-50(56)69(49)48-23-12-11-22-47(48)64(89)95-69)77-60(85)51(24-14-32-75-66(72)73)78-61(86)53-26-16-34-82(53)63(88)58(41(3)4)80-68(91)93-39-43-19-9-6-10-20-43/h5-12,17-20,22-23,27-30,36-37,40-41,44,51-53,57-58H,13-16,21,24-26,31-35,38-39H2,1-4H3,(H,76,84)(H,77,85)(H,78,86)(H,79,90)(H,80,91)(H4,70,71,74)(H4,72,73,75)/t44-,51+,52+,53+,57+,58+,69?/m1/s1. The number of guanidine groups is 2. The Morgan fingerprint density at radius 1 is 0.589 bits per heavy atom. The van der Waals surface area contributed by atoms with Crippen LogP contribution in [0.15, 0.2) is 131 Å². The molecule has 5 aromatic rings. The third-order valence-corrected chi connectivity index (χ3v) is 17.2. The van der Waals surface area contributed by atoms with Crippen LogP contribution < -0.4 is 54.3 Å². The number of hydrogen-bond acceptors (Lipinski definition) is 15. The lowest BCUT2D eigenvalue weighted by Crippen LogP contribution is -2.57. The number of fused-ring (bicyclic) bond motifs is 6. The number of ketones is 1. The van der Waals surface area contributed by atoms with Crippen LogP contribution in [0.3, 0.4) is 0 Å². The first-order valence-electron chi connectivity index (χ1n) is 32.0. The van der Waals surface area contributed by atoms with E-state index in [0.29, 0.717) is 47.9 Å². The summed E-state index contributed by atoms with van der Waals surface area (Å²) in [6.45, 7) is 7.86. The van der Waals surface area contributed by atoms with Gasteiger partial charge in [-0.1, -0.05) is 107 Å². The Morgan fingerprint density at radius 2 is 1.07 bits per heavy atom. The zero-order valence-corrected chi connectivity index (χ0v) is 53.7. The maximum atomic E-state index is 14.6. The maximum Gasteiger partial charge on any atom is 0.408 e. The van der Waals surface area contributed by atoms with E-state index in [1.807, 2.05) is 48.5 Å². The Morgan fingerprint density at radius 3 is 1.60 bits per heavy atom. The number of aliphatic imine (C=N–C) groups is 2. The summed E-state index contributed by atoms with van der Waals surface area (Å²) in [4.78, 5) is 137. The number of hydrogen-bond donors (Lipinski definition) is 9. The minimum absolute atomic E-state index is 0.00680. The van der Waals surface area contributed by atoms with E-state index in [4.69, 9.17) is 41.9 Å². The summed E-state index contributed by atoms with van der Waals surface area (Å²) in [6.07, 6.45) is 0.594. The van der Waals surface area contributed by atoms with Crippen molar-refractivity contribution >= 4 is 76.8 Å². The van der Waals surface area contributed by atoms with Crippen molar-refractivity contribution in [2.45, 2.75) is 135 Å². The summed E-state index contributed by atoms with van der Waals surface area (Å²) >= 11 is 0. The number of benzene rings is 5. The smallest absolute Gasteiger partial charge is 0.408 e. The fourth-order valence-corrected chi connectivity index (χ4v) is 12.4. The first-order valence-corrected chi connectivity index (χ1v) is 32.0. The van der Waals surface area contributed by atoms with Crippen LogP contribution in [0.5, 0.6) is 11.5 Å². The summed E-state index contributed by atoms with van der Waals surface area (Å²) in [5.74, 6) is -5.32. The topological polar surface area (TPSA) is 386 Å². The van der Waals surface area contributed by atoms with Gasteiger partial charge < -0.3 is 78.3 Å². The van der Waals surface area contributed by atoms with Crippen molar-refractivity contribution in [1.82, 2.24) is 25.8 Å². The monoisotopic (exact) mass is 1300 g/mol. The number of Topliss-reactive ketones (excluding diaryl/α,β-unsaturated/α-hetero) is 1. The molecule has 0 aliphatic carbocycles. The molecule has 1 unspecified atom stereocenters. The number of nitrogens with one attached hydrogen (secondary N) is 5. The van der Waals surface area contributed by atoms with Crippen LogP contribution in [0.25, 0.3) is 0 Å². The molecule has 502 valence electrons. The second-order valence-corrected chi connectivity index (χ2v) is 24.7. The van der Waals surface area contributed by atoms with Crippen LogP contribution in [-0.4, -0.2) is 132 Å². The predicted octanol–water partition coefficient (Wildman–Crippen LogP) is 6.18. The normalized spacial score (nSPS) is 17.9. The Bertz CT molecular complexity index is 3500. The molecule has 4 aliphatic heterocycles. The Labute approximate surface area is 550 Å². The van der Waals surface area contributed by atoms with Crippen LogP contribution in [0.1, 0.15) is 124 Å². The van der Waals surface area contributed by atoms with Crippen LogP contribution in [0, 0.1) is 17.8 Å². The van der Waals surface area contributed by atoms with Crippen molar-refractivity contribution in [2.24, 2.45) is 50.7 Å². The lowest BCUT2D eigenvalue weighted by molar-refractivity contribution is -0.141. The van der Waals surface area contributed by atoms with Gasteiger partial charge in [-0.2, -0.15) is 0 Å². The summed E-state index contributed by atoms with van der Waals surface area (Å²) in [6, 6.07) is 29.7. The van der Waals surface area contributed by atoms with Gasteiger partial charge in [-0.05, 0) is 105 Å². The summed E-state index contributed by atoms with van der Waals surface area (Å²) in [7, 11) is 0. The molecule has 9 rings (SSSR count). The van der Waals surface area contributed by atoms with E-state index in [2.05, 4.69) is 36.6 Å². The quantitative estimate of drug-likeness (QED) is 0.00931. The Kier molecular flexibility index (Phi) is 22.7. The van der Waals surface area contributed by atoms with Crippen LogP contribution in [0.4, 0.5) is 21.0 Å². The molecule has 0 saturated carbocycles. The van der Waals surface area contributed by atoms with Gasteiger partial charge in [0.25, 0.3) is 0 Å². The predicted molar refractivity (Wildman–Crippen MR) is 353 cm³/mol. The molecule has 7 atom stereocenters. The molecule has 26 nitrogen and oxygen atoms in total. The number of rotatable bonds is 27. The van der Waals surface area contributed by atoms with Gasteiger partial charge in [0.2, 0.25) is 29.5 Å². The summed E-state index contributed by atoms with van der Waals surface area (Å²) in [5, 5.41) is 14.1. The maximum absolute atomic E-state index is 14.6. The highest BCUT2D eigenvalue weighted by Crippen LogP contribution is 2.57. The van der Waals surface area contributed by atoms with Gasteiger partial charge in [-0.3, -0.25) is 38.8 Å². The molecule has 95 heavy (non-hydrogen) atoms. The molecule has 0 aromatic heterocycles. The highest BCUT2D eigenvalue weighted by atomic mass is 16.6. The van der Waals surface area contributed by atoms with Crippen molar-refractivity contribution in [2.75, 3.05) is 36.8 Å². The SMILES string of the molecule is CC(C)[C@H](NC(=O)OCc1ccccc1)C(=O)N1CCC[C@H]1C(=O)C[C@@H](CCCN=C(N)N)C(=O)Nc1ccc2c(c1)Oc1cc(NC(=O)[C@H](CCCN=C(N)N)NC(=O)[C@@H]3CCCN3C(=O)[C@@H](NC(=O)OCc3ccccc3)C(C)C)ccc1C21OC(=O)c2ccccc21. The summed E-state index contributed by atoms with van der Waals surface area (Å²) < 4.78 is 23.9. The molecular weight excluding hydrogens is 1220 g/mol.